The highest BCUT2D eigenvalue weighted by atomic mass is 32.2. The van der Waals surface area contributed by atoms with Crippen molar-refractivity contribution in [1.29, 1.82) is 0 Å². The maximum absolute atomic E-state index is 10.8. The molecule has 2 aromatic rings. The van der Waals surface area contributed by atoms with Gasteiger partial charge in [-0.1, -0.05) is 11.8 Å². The lowest BCUT2D eigenvalue weighted by molar-refractivity contribution is -0.133. The number of rotatable bonds is 5. The molecule has 5 nitrogen and oxygen atoms in total. The molecule has 0 aliphatic carbocycles. The number of fused-ring (bicyclic) bond motifs is 1. The molecule has 7 heteroatoms. The fourth-order valence-electron chi connectivity index (χ4n) is 2.50. The summed E-state index contributed by atoms with van der Waals surface area (Å²) in [7, 11) is 0. The van der Waals surface area contributed by atoms with Crippen LogP contribution in [0.3, 0.4) is 0 Å². The Morgan fingerprint density at radius 1 is 1.62 bits per heavy atom. The minimum absolute atomic E-state index is 0.0295. The normalized spacial score (nSPS) is 18.4. The number of thioether (sulfide) groups is 2. The van der Waals surface area contributed by atoms with Crippen LogP contribution in [-0.4, -0.2) is 42.9 Å². The molecule has 1 aliphatic heterocycles. The van der Waals surface area contributed by atoms with Crippen molar-refractivity contribution in [2.45, 2.75) is 25.0 Å². The first-order valence-electron chi connectivity index (χ1n) is 6.89. The van der Waals surface area contributed by atoms with Crippen molar-refractivity contribution >= 4 is 40.7 Å². The second-order valence-corrected chi connectivity index (χ2v) is 7.31. The maximum Gasteiger partial charge on any atom is 0.313 e. The highest BCUT2D eigenvalue weighted by Gasteiger charge is 2.21. The topological polar surface area (TPSA) is 68.0 Å². The Balaban J connectivity index is 1.97. The number of aryl methyl sites for hydroxylation is 1. The number of carboxylic acid groups (broad SMARTS) is 1. The van der Waals surface area contributed by atoms with Crippen LogP contribution in [0.5, 0.6) is 0 Å². The van der Waals surface area contributed by atoms with E-state index in [1.807, 2.05) is 24.8 Å². The molecule has 1 atom stereocenters. The molecule has 0 spiro atoms. The van der Waals surface area contributed by atoms with Crippen LogP contribution in [0.15, 0.2) is 17.4 Å². The summed E-state index contributed by atoms with van der Waals surface area (Å²) in [5.41, 5.74) is 2.84. The summed E-state index contributed by atoms with van der Waals surface area (Å²) >= 11 is 3.26. The third kappa shape index (κ3) is 3.18. The van der Waals surface area contributed by atoms with Crippen molar-refractivity contribution in [2.75, 3.05) is 17.3 Å². The summed E-state index contributed by atoms with van der Waals surface area (Å²) in [4.78, 5) is 19.9. The van der Waals surface area contributed by atoms with Gasteiger partial charge in [0.25, 0.3) is 0 Å². The van der Waals surface area contributed by atoms with E-state index in [0.29, 0.717) is 5.92 Å². The van der Waals surface area contributed by atoms with E-state index in [4.69, 9.17) is 5.11 Å². The van der Waals surface area contributed by atoms with Crippen molar-refractivity contribution in [3.63, 3.8) is 0 Å². The van der Waals surface area contributed by atoms with Crippen LogP contribution in [-0.2, 0) is 11.3 Å². The van der Waals surface area contributed by atoms with Crippen LogP contribution >= 0.6 is 23.5 Å². The van der Waals surface area contributed by atoms with Gasteiger partial charge in [0.2, 0.25) is 0 Å². The number of aromatic nitrogens is 3. The Kier molecular flexibility index (Phi) is 4.40. The van der Waals surface area contributed by atoms with Gasteiger partial charge in [0.1, 0.15) is 5.52 Å². The van der Waals surface area contributed by atoms with Crippen molar-refractivity contribution in [1.82, 2.24) is 14.5 Å². The van der Waals surface area contributed by atoms with Crippen LogP contribution in [0, 0.1) is 12.8 Å². The fraction of sp³-hybridized carbons (Fsp3) is 0.500. The minimum Gasteiger partial charge on any atom is -0.481 e. The number of pyridine rings is 1. The van der Waals surface area contributed by atoms with Gasteiger partial charge >= 0.3 is 5.97 Å². The quantitative estimate of drug-likeness (QED) is 0.853. The maximum atomic E-state index is 10.8. The van der Waals surface area contributed by atoms with Crippen molar-refractivity contribution in [2.24, 2.45) is 5.92 Å². The van der Waals surface area contributed by atoms with Gasteiger partial charge in [-0.3, -0.25) is 4.79 Å². The Morgan fingerprint density at radius 3 is 3.19 bits per heavy atom. The van der Waals surface area contributed by atoms with E-state index in [-0.39, 0.29) is 5.75 Å². The van der Waals surface area contributed by atoms with Gasteiger partial charge in [-0.2, -0.15) is 11.8 Å². The van der Waals surface area contributed by atoms with Gasteiger partial charge in [-0.15, -0.1) is 0 Å². The summed E-state index contributed by atoms with van der Waals surface area (Å²) in [5.74, 6) is 2.20. The first-order chi connectivity index (χ1) is 10.1. The van der Waals surface area contributed by atoms with Crippen LogP contribution in [0.25, 0.3) is 11.2 Å². The second kappa shape index (κ2) is 6.27. The summed E-state index contributed by atoms with van der Waals surface area (Å²) in [5, 5.41) is 9.67. The highest BCUT2D eigenvalue weighted by Crippen LogP contribution is 2.30. The van der Waals surface area contributed by atoms with E-state index >= 15 is 0 Å². The smallest absolute Gasteiger partial charge is 0.313 e. The van der Waals surface area contributed by atoms with Crippen molar-refractivity contribution in [3.8, 4) is 0 Å². The third-order valence-electron chi connectivity index (χ3n) is 3.59. The van der Waals surface area contributed by atoms with E-state index in [1.54, 1.807) is 6.20 Å². The molecule has 3 rings (SSSR count). The number of hydrogen-bond donors (Lipinski definition) is 1. The molecule has 2 aromatic heterocycles. The molecule has 0 saturated carbocycles. The standard InChI is InChI=1S/C14H17N3O2S2/c1-9-2-4-15-13-12(9)16-14(21-8-11(18)19)17(13)6-10-3-5-20-7-10/h2,4,10H,3,5-8H2,1H3,(H,18,19). The van der Waals surface area contributed by atoms with Gasteiger partial charge < -0.3 is 9.67 Å². The highest BCUT2D eigenvalue weighted by molar-refractivity contribution is 7.99. The molecule has 0 bridgehead atoms. The van der Waals surface area contributed by atoms with E-state index < -0.39 is 5.97 Å². The molecule has 1 N–H and O–H groups in total. The van der Waals surface area contributed by atoms with Crippen molar-refractivity contribution in [3.05, 3.63) is 17.8 Å². The summed E-state index contributed by atoms with van der Waals surface area (Å²) in [6.07, 6.45) is 3.00. The first kappa shape index (κ1) is 14.7. The van der Waals surface area contributed by atoms with Gasteiger partial charge in [0.05, 0.1) is 5.75 Å². The van der Waals surface area contributed by atoms with Gasteiger partial charge in [0, 0.05) is 12.7 Å². The molecule has 112 valence electrons. The number of nitrogens with zero attached hydrogens (tertiary/aromatic N) is 3. The summed E-state index contributed by atoms with van der Waals surface area (Å²) in [6, 6.07) is 1.94. The fourth-order valence-corrected chi connectivity index (χ4v) is 4.50. The van der Waals surface area contributed by atoms with E-state index in [2.05, 4.69) is 14.5 Å². The third-order valence-corrected chi connectivity index (χ3v) is 5.78. The monoisotopic (exact) mass is 323 g/mol. The molecule has 3 heterocycles. The number of aliphatic carboxylic acids is 1. The molecular formula is C14H17N3O2S2. The van der Waals surface area contributed by atoms with Gasteiger partial charge in [-0.05, 0) is 42.4 Å². The lowest BCUT2D eigenvalue weighted by atomic mass is 10.1. The van der Waals surface area contributed by atoms with E-state index in [1.165, 1.54) is 23.9 Å². The molecule has 0 amide bonds. The predicted molar refractivity (Wildman–Crippen MR) is 86.1 cm³/mol. The summed E-state index contributed by atoms with van der Waals surface area (Å²) in [6.45, 7) is 2.89. The van der Waals surface area contributed by atoms with Gasteiger partial charge in [-0.25, -0.2) is 9.97 Å². The minimum atomic E-state index is -0.820. The Hall–Kier alpha value is -1.21. The Morgan fingerprint density at radius 2 is 2.48 bits per heavy atom. The number of imidazole rings is 1. The first-order valence-corrected chi connectivity index (χ1v) is 9.03. The average Bonchev–Trinajstić information content (AvgIpc) is 3.07. The number of carbonyl (C=O) groups is 1. The largest absolute Gasteiger partial charge is 0.481 e. The molecule has 1 aliphatic rings. The van der Waals surface area contributed by atoms with Crippen LogP contribution in [0.2, 0.25) is 0 Å². The zero-order valence-electron chi connectivity index (χ0n) is 11.8. The molecule has 1 saturated heterocycles. The molecule has 0 radical (unpaired) electrons. The van der Waals surface area contributed by atoms with E-state index in [9.17, 15) is 4.79 Å². The molecule has 0 aromatic carbocycles. The Bertz CT molecular complexity index is 666. The van der Waals surface area contributed by atoms with Gasteiger partial charge in [0.15, 0.2) is 10.8 Å². The zero-order valence-corrected chi connectivity index (χ0v) is 13.4. The lowest BCUT2D eigenvalue weighted by Gasteiger charge is -2.12. The molecule has 1 unspecified atom stereocenters. The number of hydrogen-bond acceptors (Lipinski definition) is 5. The SMILES string of the molecule is Cc1ccnc2c1nc(SCC(=O)O)n2CC1CCSC1. The second-order valence-electron chi connectivity index (χ2n) is 5.22. The Labute approximate surface area is 131 Å². The van der Waals surface area contributed by atoms with Crippen LogP contribution in [0.1, 0.15) is 12.0 Å². The summed E-state index contributed by atoms with van der Waals surface area (Å²) < 4.78 is 2.10. The lowest BCUT2D eigenvalue weighted by Crippen LogP contribution is -2.12. The van der Waals surface area contributed by atoms with Crippen LogP contribution in [0.4, 0.5) is 0 Å². The predicted octanol–water partition coefficient (Wildman–Crippen LogP) is 2.67. The van der Waals surface area contributed by atoms with E-state index in [0.717, 1.165) is 34.2 Å². The zero-order chi connectivity index (χ0) is 14.8. The number of carboxylic acids is 1. The van der Waals surface area contributed by atoms with Crippen molar-refractivity contribution < 1.29 is 9.90 Å². The average molecular weight is 323 g/mol. The van der Waals surface area contributed by atoms with Crippen LogP contribution < -0.4 is 0 Å². The molecule has 21 heavy (non-hydrogen) atoms. The molecular weight excluding hydrogens is 306 g/mol. The molecule has 1 fully saturated rings.